The molecule has 8 rings (SSSR count). The number of urea groups is 1. The number of amides is 4. The van der Waals surface area contributed by atoms with Crippen LogP contribution >= 0.6 is 0 Å². The Morgan fingerprint density at radius 1 is 0.953 bits per heavy atom. The van der Waals surface area contributed by atoms with Crippen molar-refractivity contribution in [2.24, 2.45) is 17.8 Å². The van der Waals surface area contributed by atoms with Crippen LogP contribution in [-0.4, -0.2) is 37.0 Å². The Labute approximate surface area is 254 Å². The van der Waals surface area contributed by atoms with Gasteiger partial charge in [-0.25, -0.2) is 9.69 Å². The standard InChI is InChI=1S/C36H43N3O4/c1-6-38-30-16-31(43-5)25(14-28(30)21(2)17-35(38,3)4)15-29-32(40)37-34(42)39(33(29)41)27-9-7-26(8-10-27)36-18-22-11-23(19-36)13-24(12-22)20-36/h7-10,14-16,21-24H,6,11-13,17-20H2,1-5H3,(H,37,40,42)/b29-15-. The first-order valence-electron chi connectivity index (χ1n) is 16.0. The first-order valence-corrected chi connectivity index (χ1v) is 16.0. The van der Waals surface area contributed by atoms with Gasteiger partial charge in [-0.2, -0.15) is 0 Å². The number of ether oxygens (including phenoxy) is 1. The van der Waals surface area contributed by atoms with Crippen molar-refractivity contribution >= 4 is 35.3 Å². The van der Waals surface area contributed by atoms with Crippen molar-refractivity contribution in [3.05, 3.63) is 58.7 Å². The molecule has 4 aliphatic carbocycles. The number of nitrogens with zero attached hydrogens (tertiary/aromatic N) is 2. The molecule has 2 heterocycles. The summed E-state index contributed by atoms with van der Waals surface area (Å²) in [6.45, 7) is 9.73. The van der Waals surface area contributed by atoms with Crippen LogP contribution < -0.4 is 19.9 Å². The number of barbiturate groups is 1. The Bertz CT molecular complexity index is 1500. The molecule has 1 unspecified atom stereocenters. The molecule has 226 valence electrons. The van der Waals surface area contributed by atoms with Gasteiger partial charge in [0.25, 0.3) is 11.8 Å². The number of methoxy groups -OCH3 is 1. The summed E-state index contributed by atoms with van der Waals surface area (Å²) in [6, 6.07) is 11.3. The number of rotatable bonds is 5. The number of carbonyl (C=O) groups is 3. The first kappa shape index (κ1) is 28.2. The van der Waals surface area contributed by atoms with E-state index in [-0.39, 0.29) is 22.4 Å². The molecule has 7 heteroatoms. The van der Waals surface area contributed by atoms with Crippen LogP contribution in [0, 0.1) is 17.8 Å². The average molecular weight is 582 g/mol. The third-order valence-corrected chi connectivity index (χ3v) is 11.2. The van der Waals surface area contributed by atoms with Crippen LogP contribution in [0.15, 0.2) is 42.0 Å². The molecule has 1 N–H and O–H groups in total. The number of fused-ring (bicyclic) bond motifs is 1. The number of benzene rings is 2. The van der Waals surface area contributed by atoms with Gasteiger partial charge in [-0.3, -0.25) is 14.9 Å². The summed E-state index contributed by atoms with van der Waals surface area (Å²) in [5.74, 6) is 2.05. The van der Waals surface area contributed by atoms with Crippen molar-refractivity contribution in [3.8, 4) is 5.75 Å². The van der Waals surface area contributed by atoms with E-state index in [0.29, 0.717) is 17.0 Å². The Hall–Kier alpha value is -3.61. The van der Waals surface area contributed by atoms with E-state index < -0.39 is 17.8 Å². The van der Waals surface area contributed by atoms with Crippen molar-refractivity contribution in [2.45, 2.75) is 89.5 Å². The normalized spacial score (nSPS) is 31.8. The lowest BCUT2D eigenvalue weighted by molar-refractivity contribution is -0.122. The molecule has 1 atom stereocenters. The summed E-state index contributed by atoms with van der Waals surface area (Å²) >= 11 is 0. The second-order valence-electron chi connectivity index (χ2n) is 14.5. The van der Waals surface area contributed by atoms with Crippen LogP contribution in [0.25, 0.3) is 6.08 Å². The molecule has 7 nitrogen and oxygen atoms in total. The van der Waals surface area contributed by atoms with Crippen LogP contribution in [0.2, 0.25) is 0 Å². The zero-order valence-electron chi connectivity index (χ0n) is 26.0. The molecule has 0 radical (unpaired) electrons. The largest absolute Gasteiger partial charge is 0.496 e. The summed E-state index contributed by atoms with van der Waals surface area (Å²) in [7, 11) is 1.60. The van der Waals surface area contributed by atoms with E-state index in [2.05, 4.69) is 50.0 Å². The fraction of sp³-hybridized carbons (Fsp3) is 0.528. The van der Waals surface area contributed by atoms with Gasteiger partial charge in [0.1, 0.15) is 11.3 Å². The van der Waals surface area contributed by atoms with E-state index in [1.165, 1.54) is 44.1 Å². The second-order valence-corrected chi connectivity index (χ2v) is 14.5. The molecule has 2 aliphatic heterocycles. The fourth-order valence-corrected chi connectivity index (χ4v) is 9.89. The third-order valence-electron chi connectivity index (χ3n) is 11.2. The summed E-state index contributed by atoms with van der Waals surface area (Å²) in [6.07, 6.45) is 10.4. The van der Waals surface area contributed by atoms with Gasteiger partial charge >= 0.3 is 6.03 Å². The maximum Gasteiger partial charge on any atom is 0.335 e. The molecular formula is C36H43N3O4. The predicted octanol–water partition coefficient (Wildman–Crippen LogP) is 6.94. The Balaban J connectivity index is 1.21. The number of carbonyl (C=O) groups excluding carboxylic acids is 3. The number of imide groups is 2. The van der Waals surface area contributed by atoms with Crippen LogP contribution in [0.3, 0.4) is 0 Å². The Morgan fingerprint density at radius 3 is 2.16 bits per heavy atom. The average Bonchev–Trinajstić information content (AvgIpc) is 2.94. The van der Waals surface area contributed by atoms with Crippen molar-refractivity contribution in [1.29, 1.82) is 0 Å². The summed E-state index contributed by atoms with van der Waals surface area (Å²) in [4.78, 5) is 43.4. The number of hydrogen-bond donors (Lipinski definition) is 1. The van der Waals surface area contributed by atoms with Gasteiger partial charge in [-0.1, -0.05) is 19.1 Å². The summed E-state index contributed by atoms with van der Waals surface area (Å²) in [5, 5.41) is 2.40. The van der Waals surface area contributed by atoms with Gasteiger partial charge in [0.05, 0.1) is 12.8 Å². The zero-order valence-corrected chi connectivity index (χ0v) is 26.0. The lowest BCUT2D eigenvalue weighted by Gasteiger charge is -2.57. The third kappa shape index (κ3) is 4.49. The molecule has 2 aromatic rings. The van der Waals surface area contributed by atoms with E-state index >= 15 is 0 Å². The molecule has 2 aromatic carbocycles. The van der Waals surface area contributed by atoms with Crippen molar-refractivity contribution in [2.75, 3.05) is 23.5 Å². The van der Waals surface area contributed by atoms with E-state index in [0.717, 1.165) is 46.9 Å². The van der Waals surface area contributed by atoms with Crippen LogP contribution in [0.4, 0.5) is 16.2 Å². The molecule has 0 spiro atoms. The maximum atomic E-state index is 13.8. The molecule has 4 bridgehead atoms. The Morgan fingerprint density at radius 2 is 1.58 bits per heavy atom. The highest BCUT2D eigenvalue weighted by atomic mass is 16.5. The van der Waals surface area contributed by atoms with Crippen molar-refractivity contribution in [1.82, 2.24) is 5.32 Å². The molecule has 1 saturated heterocycles. The minimum Gasteiger partial charge on any atom is -0.496 e. The van der Waals surface area contributed by atoms with Crippen LogP contribution in [0.1, 0.15) is 95.2 Å². The topological polar surface area (TPSA) is 79.0 Å². The van der Waals surface area contributed by atoms with Crippen molar-refractivity contribution in [3.63, 3.8) is 0 Å². The minimum absolute atomic E-state index is 0.00250. The van der Waals surface area contributed by atoms with Gasteiger partial charge in [0, 0.05) is 29.4 Å². The van der Waals surface area contributed by atoms with E-state index in [9.17, 15) is 14.4 Å². The minimum atomic E-state index is -0.721. The molecule has 0 aromatic heterocycles. The fourth-order valence-electron chi connectivity index (χ4n) is 9.89. The maximum absolute atomic E-state index is 13.8. The van der Waals surface area contributed by atoms with Crippen LogP contribution in [0.5, 0.6) is 5.75 Å². The SMILES string of the molecule is CCN1c2cc(OC)c(/C=C3/C(=O)NC(=O)N(c4ccc(C56CC7CC(CC(C7)C5)C6)cc4)C3=O)cc2C(C)CC1(C)C. The lowest BCUT2D eigenvalue weighted by Crippen LogP contribution is -2.54. The van der Waals surface area contributed by atoms with E-state index in [4.69, 9.17) is 4.74 Å². The molecule has 5 fully saturated rings. The highest BCUT2D eigenvalue weighted by Gasteiger charge is 2.51. The van der Waals surface area contributed by atoms with Crippen LogP contribution in [-0.2, 0) is 15.0 Å². The van der Waals surface area contributed by atoms with Gasteiger partial charge in [-0.15, -0.1) is 0 Å². The molecule has 6 aliphatic rings. The lowest BCUT2D eigenvalue weighted by atomic mass is 9.48. The smallest absolute Gasteiger partial charge is 0.335 e. The Kier molecular flexibility index (Phi) is 6.53. The number of anilines is 2. The number of hydrogen-bond acceptors (Lipinski definition) is 5. The summed E-state index contributed by atoms with van der Waals surface area (Å²) < 4.78 is 5.77. The first-order chi connectivity index (χ1) is 20.5. The highest BCUT2D eigenvalue weighted by Crippen LogP contribution is 2.60. The quantitative estimate of drug-likeness (QED) is 0.306. The van der Waals surface area contributed by atoms with E-state index in [1.807, 2.05) is 24.3 Å². The highest BCUT2D eigenvalue weighted by molar-refractivity contribution is 6.39. The van der Waals surface area contributed by atoms with Gasteiger partial charge in [0.2, 0.25) is 0 Å². The van der Waals surface area contributed by atoms with Gasteiger partial charge < -0.3 is 9.64 Å². The summed E-state index contributed by atoms with van der Waals surface area (Å²) in [5.41, 5.74) is 4.85. The van der Waals surface area contributed by atoms with Crippen molar-refractivity contribution < 1.29 is 19.1 Å². The van der Waals surface area contributed by atoms with Gasteiger partial charge in [0.15, 0.2) is 0 Å². The van der Waals surface area contributed by atoms with E-state index in [1.54, 1.807) is 13.2 Å². The number of nitrogens with one attached hydrogen (secondary N) is 1. The molecule has 43 heavy (non-hydrogen) atoms. The second kappa shape index (κ2) is 9.96. The molecule has 4 amide bonds. The zero-order chi connectivity index (χ0) is 30.3. The molecule has 4 saturated carbocycles. The molecular weight excluding hydrogens is 538 g/mol. The van der Waals surface area contributed by atoms with Gasteiger partial charge in [-0.05, 0) is 130 Å². The monoisotopic (exact) mass is 581 g/mol. The predicted molar refractivity (Wildman–Crippen MR) is 168 cm³/mol.